The van der Waals surface area contributed by atoms with Crippen molar-refractivity contribution in [1.82, 2.24) is 5.32 Å². The minimum Gasteiger partial charge on any atom is -0.467 e. The van der Waals surface area contributed by atoms with Gasteiger partial charge in [0.1, 0.15) is 12.4 Å². The summed E-state index contributed by atoms with van der Waals surface area (Å²) < 4.78 is 11.1. The van der Waals surface area contributed by atoms with Crippen molar-refractivity contribution in [2.45, 2.75) is 38.6 Å². The maximum atomic E-state index is 5.64. The largest absolute Gasteiger partial charge is 0.467 e. The number of benzene rings is 1. The molecule has 1 heterocycles. The number of hydrogen-bond donors (Lipinski definition) is 1. The van der Waals surface area contributed by atoms with E-state index in [1.165, 1.54) is 24.0 Å². The Hall–Kier alpha value is -1.58. The van der Waals surface area contributed by atoms with Gasteiger partial charge in [0.2, 0.25) is 0 Å². The highest BCUT2D eigenvalue weighted by atomic mass is 16.5. The minimum atomic E-state index is 0.526. The topological polar surface area (TPSA) is 34.4 Å². The van der Waals surface area contributed by atoms with Crippen LogP contribution in [0.3, 0.4) is 0 Å². The van der Waals surface area contributed by atoms with E-state index in [9.17, 15) is 0 Å². The SMILES string of the molecule is c1ccc(COCc2cc(CNC3CC3)co2)cc1. The van der Waals surface area contributed by atoms with Gasteiger partial charge in [-0.25, -0.2) is 0 Å². The van der Waals surface area contributed by atoms with Gasteiger partial charge in [-0.15, -0.1) is 0 Å². The fourth-order valence-corrected chi connectivity index (χ4v) is 1.99. The molecule has 3 nitrogen and oxygen atoms in total. The van der Waals surface area contributed by atoms with E-state index in [1.54, 1.807) is 0 Å². The van der Waals surface area contributed by atoms with Crippen molar-refractivity contribution in [3.8, 4) is 0 Å². The van der Waals surface area contributed by atoms with Gasteiger partial charge in [0.15, 0.2) is 0 Å². The highest BCUT2D eigenvalue weighted by molar-refractivity contribution is 5.14. The lowest BCUT2D eigenvalue weighted by Crippen LogP contribution is -2.14. The van der Waals surface area contributed by atoms with E-state index in [1.807, 2.05) is 24.5 Å². The number of rotatable bonds is 7. The van der Waals surface area contributed by atoms with Gasteiger partial charge < -0.3 is 14.5 Å². The van der Waals surface area contributed by atoms with Crippen molar-refractivity contribution in [2.24, 2.45) is 0 Å². The molecule has 100 valence electrons. The molecule has 1 aromatic heterocycles. The summed E-state index contributed by atoms with van der Waals surface area (Å²) in [4.78, 5) is 0. The van der Waals surface area contributed by atoms with Crippen molar-refractivity contribution in [1.29, 1.82) is 0 Å². The maximum Gasteiger partial charge on any atom is 0.129 e. The lowest BCUT2D eigenvalue weighted by Gasteiger charge is -2.01. The molecule has 19 heavy (non-hydrogen) atoms. The zero-order valence-electron chi connectivity index (χ0n) is 11.0. The van der Waals surface area contributed by atoms with Gasteiger partial charge in [-0.1, -0.05) is 30.3 Å². The first-order valence-corrected chi connectivity index (χ1v) is 6.81. The molecule has 2 aromatic rings. The van der Waals surface area contributed by atoms with Crippen LogP contribution in [0.25, 0.3) is 0 Å². The first-order valence-electron chi connectivity index (χ1n) is 6.81. The van der Waals surface area contributed by atoms with Gasteiger partial charge >= 0.3 is 0 Å². The zero-order valence-corrected chi connectivity index (χ0v) is 11.0. The molecule has 3 heteroatoms. The molecule has 0 aliphatic heterocycles. The van der Waals surface area contributed by atoms with E-state index in [2.05, 4.69) is 23.5 Å². The van der Waals surface area contributed by atoms with Crippen molar-refractivity contribution >= 4 is 0 Å². The quantitative estimate of drug-likeness (QED) is 0.826. The first-order chi connectivity index (χ1) is 9.40. The van der Waals surface area contributed by atoms with Crippen LogP contribution in [-0.4, -0.2) is 6.04 Å². The van der Waals surface area contributed by atoms with Gasteiger partial charge in [0.25, 0.3) is 0 Å². The molecule has 0 saturated heterocycles. The van der Waals surface area contributed by atoms with Gasteiger partial charge in [-0.2, -0.15) is 0 Å². The number of ether oxygens (including phenoxy) is 1. The summed E-state index contributed by atoms with van der Waals surface area (Å²) in [5, 5.41) is 3.47. The van der Waals surface area contributed by atoms with Crippen molar-refractivity contribution in [3.63, 3.8) is 0 Å². The minimum absolute atomic E-state index is 0.526. The third kappa shape index (κ3) is 3.94. The lowest BCUT2D eigenvalue weighted by atomic mass is 10.2. The Kier molecular flexibility index (Phi) is 3.96. The second-order valence-electron chi connectivity index (χ2n) is 5.05. The summed E-state index contributed by atoms with van der Waals surface area (Å²) in [6.07, 6.45) is 4.44. The fourth-order valence-electron chi connectivity index (χ4n) is 1.99. The molecular formula is C16H19NO2. The molecule has 1 aliphatic rings. The summed E-state index contributed by atoms with van der Waals surface area (Å²) in [6, 6.07) is 13.0. The standard InChI is InChI=1S/C16H19NO2/c1-2-4-13(5-3-1)10-18-12-16-8-14(11-19-16)9-17-15-6-7-15/h1-5,8,11,15,17H,6-7,9-10,12H2. The summed E-state index contributed by atoms with van der Waals surface area (Å²) in [5.74, 6) is 0.892. The van der Waals surface area contributed by atoms with Gasteiger partial charge in [-0.05, 0) is 24.5 Å². The molecule has 0 unspecified atom stereocenters. The van der Waals surface area contributed by atoms with Crippen LogP contribution in [0.1, 0.15) is 29.7 Å². The Balaban J connectivity index is 1.42. The Bertz CT molecular complexity index is 502. The van der Waals surface area contributed by atoms with Crippen molar-refractivity contribution in [2.75, 3.05) is 0 Å². The lowest BCUT2D eigenvalue weighted by molar-refractivity contribution is 0.0929. The molecule has 1 aromatic carbocycles. The average molecular weight is 257 g/mol. The zero-order chi connectivity index (χ0) is 12.9. The summed E-state index contributed by atoms with van der Waals surface area (Å²) in [5.41, 5.74) is 2.38. The number of nitrogens with one attached hydrogen (secondary N) is 1. The van der Waals surface area contributed by atoms with E-state index >= 15 is 0 Å². The molecular weight excluding hydrogens is 238 g/mol. The van der Waals surface area contributed by atoms with Gasteiger partial charge in [0, 0.05) is 18.2 Å². The highest BCUT2D eigenvalue weighted by Crippen LogP contribution is 2.19. The van der Waals surface area contributed by atoms with E-state index in [-0.39, 0.29) is 0 Å². The predicted octanol–water partition coefficient (Wildman–Crippen LogP) is 3.25. The molecule has 0 spiro atoms. The van der Waals surface area contributed by atoms with Crippen molar-refractivity contribution in [3.05, 3.63) is 59.5 Å². The first kappa shape index (κ1) is 12.5. The molecule has 0 amide bonds. The average Bonchev–Trinajstić information content (AvgIpc) is 3.17. The fraction of sp³-hybridized carbons (Fsp3) is 0.375. The molecule has 1 aliphatic carbocycles. The second-order valence-corrected chi connectivity index (χ2v) is 5.05. The van der Waals surface area contributed by atoms with Crippen LogP contribution in [0.2, 0.25) is 0 Å². The summed E-state index contributed by atoms with van der Waals surface area (Å²) in [7, 11) is 0. The predicted molar refractivity (Wildman–Crippen MR) is 73.5 cm³/mol. The van der Waals surface area contributed by atoms with E-state index in [0.29, 0.717) is 13.2 Å². The van der Waals surface area contributed by atoms with Gasteiger partial charge in [0.05, 0.1) is 12.9 Å². The Morgan fingerprint density at radius 2 is 1.95 bits per heavy atom. The van der Waals surface area contributed by atoms with Crippen LogP contribution in [0.15, 0.2) is 47.1 Å². The van der Waals surface area contributed by atoms with Crippen LogP contribution in [0, 0.1) is 0 Å². The third-order valence-electron chi connectivity index (χ3n) is 3.24. The number of furan rings is 1. The van der Waals surface area contributed by atoms with Crippen LogP contribution in [0.5, 0.6) is 0 Å². The molecule has 0 bridgehead atoms. The second kappa shape index (κ2) is 6.04. The molecule has 1 N–H and O–H groups in total. The van der Waals surface area contributed by atoms with Crippen LogP contribution < -0.4 is 5.32 Å². The molecule has 1 saturated carbocycles. The van der Waals surface area contributed by atoms with Gasteiger partial charge in [-0.3, -0.25) is 0 Å². The van der Waals surface area contributed by atoms with E-state index in [4.69, 9.17) is 9.15 Å². The highest BCUT2D eigenvalue weighted by Gasteiger charge is 2.20. The van der Waals surface area contributed by atoms with Crippen LogP contribution in [0.4, 0.5) is 0 Å². The Labute approximate surface area is 113 Å². The van der Waals surface area contributed by atoms with E-state index in [0.717, 1.165) is 18.3 Å². The number of hydrogen-bond acceptors (Lipinski definition) is 3. The summed E-state index contributed by atoms with van der Waals surface area (Å²) >= 11 is 0. The molecule has 0 radical (unpaired) electrons. The molecule has 0 atom stereocenters. The molecule has 1 fully saturated rings. The third-order valence-corrected chi connectivity index (χ3v) is 3.24. The van der Waals surface area contributed by atoms with Crippen LogP contribution in [-0.2, 0) is 24.5 Å². The normalized spacial score (nSPS) is 14.7. The monoisotopic (exact) mass is 257 g/mol. The molecule has 3 rings (SSSR count). The van der Waals surface area contributed by atoms with E-state index < -0.39 is 0 Å². The maximum absolute atomic E-state index is 5.64. The Morgan fingerprint density at radius 3 is 2.74 bits per heavy atom. The van der Waals surface area contributed by atoms with Crippen molar-refractivity contribution < 1.29 is 9.15 Å². The smallest absolute Gasteiger partial charge is 0.129 e. The Morgan fingerprint density at radius 1 is 1.11 bits per heavy atom. The summed E-state index contributed by atoms with van der Waals surface area (Å²) in [6.45, 7) is 2.04. The van der Waals surface area contributed by atoms with Crippen LogP contribution >= 0.6 is 0 Å².